The number of primary amides is 1. The van der Waals surface area contributed by atoms with Gasteiger partial charge in [0.25, 0.3) is 5.69 Å². The number of carbonyl (C=O) groups excluding carboxylic acids is 1. The van der Waals surface area contributed by atoms with Crippen molar-refractivity contribution in [2.45, 2.75) is 31.7 Å². The van der Waals surface area contributed by atoms with Crippen molar-refractivity contribution in [1.82, 2.24) is 0 Å². The molecule has 0 aliphatic rings. The fourth-order valence-electron chi connectivity index (χ4n) is 1.65. The highest BCUT2D eigenvalue weighted by atomic mass is 79.9. The molecule has 0 radical (unpaired) electrons. The quantitative estimate of drug-likeness (QED) is 0.418. The maximum absolute atomic E-state index is 11.0. The predicted molar refractivity (Wildman–Crippen MR) is 81.9 cm³/mol. The highest BCUT2D eigenvalue weighted by molar-refractivity contribution is 9.10. The number of ether oxygens (including phenoxy) is 1. The molecule has 1 unspecified atom stereocenters. The Morgan fingerprint density at radius 1 is 1.48 bits per heavy atom. The monoisotopic (exact) mass is 359 g/mol. The summed E-state index contributed by atoms with van der Waals surface area (Å²) in [6.07, 6.45) is 1.79. The largest absolute Gasteiger partial charge is 0.492 e. The summed E-state index contributed by atoms with van der Waals surface area (Å²) >= 11 is 3.15. The van der Waals surface area contributed by atoms with Gasteiger partial charge in [0.15, 0.2) is 0 Å². The molecule has 0 bridgehead atoms. The minimum Gasteiger partial charge on any atom is -0.492 e. The van der Waals surface area contributed by atoms with E-state index >= 15 is 0 Å². The number of rotatable bonds is 8. The first-order valence-electron chi connectivity index (χ1n) is 6.40. The number of hydrogen-bond acceptors (Lipinski definition) is 5. The van der Waals surface area contributed by atoms with Crippen LogP contribution in [0, 0.1) is 10.1 Å². The molecule has 0 aliphatic carbocycles. The summed E-state index contributed by atoms with van der Waals surface area (Å²) in [6.45, 7) is 1.96. The molecule has 8 heteroatoms. The van der Waals surface area contributed by atoms with Crippen LogP contribution in [0.15, 0.2) is 22.7 Å². The van der Waals surface area contributed by atoms with Crippen LogP contribution in [0.5, 0.6) is 5.75 Å². The summed E-state index contributed by atoms with van der Waals surface area (Å²) in [6, 6.07) is 4.60. The Hall–Kier alpha value is -1.67. The first-order valence-corrected chi connectivity index (χ1v) is 7.19. The number of carbonyl (C=O) groups is 1. The maximum Gasteiger partial charge on any atom is 0.287 e. The van der Waals surface area contributed by atoms with E-state index in [0.717, 1.165) is 0 Å². The maximum atomic E-state index is 11.0. The number of amides is 1. The van der Waals surface area contributed by atoms with Gasteiger partial charge in [0.05, 0.1) is 17.1 Å². The van der Waals surface area contributed by atoms with Gasteiger partial charge in [-0.3, -0.25) is 14.9 Å². The number of nitrogens with zero attached hydrogens (tertiary/aromatic N) is 1. The Balaban J connectivity index is 2.46. The van der Waals surface area contributed by atoms with E-state index < -0.39 is 16.4 Å². The van der Waals surface area contributed by atoms with Crippen LogP contribution in [-0.4, -0.2) is 23.0 Å². The molecule has 0 fully saturated rings. The molecule has 1 amide bonds. The van der Waals surface area contributed by atoms with Gasteiger partial charge < -0.3 is 16.2 Å². The fraction of sp³-hybridized carbons (Fsp3) is 0.462. The van der Waals surface area contributed by atoms with Crippen molar-refractivity contribution in [2.24, 2.45) is 11.5 Å². The van der Waals surface area contributed by atoms with Crippen LogP contribution in [0.25, 0.3) is 0 Å². The van der Waals surface area contributed by atoms with Crippen molar-refractivity contribution in [3.05, 3.63) is 32.8 Å². The number of nitro groups is 1. The molecule has 1 rings (SSSR count). The molecule has 1 atom stereocenters. The van der Waals surface area contributed by atoms with Gasteiger partial charge in [-0.05, 0) is 48.2 Å². The van der Waals surface area contributed by atoms with Crippen molar-refractivity contribution in [3.8, 4) is 5.75 Å². The van der Waals surface area contributed by atoms with E-state index in [9.17, 15) is 14.9 Å². The molecular weight excluding hydrogens is 342 g/mol. The number of nitro benzene ring substituents is 1. The van der Waals surface area contributed by atoms with E-state index in [1.807, 2.05) is 0 Å². The molecule has 0 saturated carbocycles. The SMILES string of the molecule is CC(N)(CCCCOc1cccc([N+](=O)[O-])c1Br)C(N)=O. The van der Waals surface area contributed by atoms with Crippen LogP contribution in [0.2, 0.25) is 0 Å². The molecule has 7 nitrogen and oxygen atoms in total. The highest BCUT2D eigenvalue weighted by Gasteiger charge is 2.24. The van der Waals surface area contributed by atoms with Crippen molar-refractivity contribution in [2.75, 3.05) is 6.61 Å². The lowest BCUT2D eigenvalue weighted by molar-refractivity contribution is -0.385. The predicted octanol–water partition coefficient (Wildman–Crippen LogP) is 2.11. The molecule has 0 aromatic heterocycles. The van der Waals surface area contributed by atoms with E-state index in [0.29, 0.717) is 36.1 Å². The number of benzene rings is 1. The Labute approximate surface area is 130 Å². The van der Waals surface area contributed by atoms with Crippen molar-refractivity contribution in [3.63, 3.8) is 0 Å². The molecule has 1 aromatic rings. The zero-order valence-corrected chi connectivity index (χ0v) is 13.3. The molecular formula is C13H18BrN3O4. The summed E-state index contributed by atoms with van der Waals surface area (Å²) in [7, 11) is 0. The second kappa shape index (κ2) is 7.37. The van der Waals surface area contributed by atoms with Crippen LogP contribution in [-0.2, 0) is 4.79 Å². The summed E-state index contributed by atoms with van der Waals surface area (Å²) < 4.78 is 5.81. The van der Waals surface area contributed by atoms with E-state index in [2.05, 4.69) is 15.9 Å². The topological polar surface area (TPSA) is 121 Å². The fourth-order valence-corrected chi connectivity index (χ4v) is 2.17. The number of unbranched alkanes of at least 4 members (excludes halogenated alkanes) is 1. The Morgan fingerprint density at radius 2 is 2.14 bits per heavy atom. The van der Waals surface area contributed by atoms with E-state index in [1.54, 1.807) is 19.1 Å². The number of halogens is 1. The third-order valence-electron chi connectivity index (χ3n) is 3.05. The Bertz CT molecular complexity index is 534. The third-order valence-corrected chi connectivity index (χ3v) is 3.85. The lowest BCUT2D eigenvalue weighted by Gasteiger charge is -2.19. The lowest BCUT2D eigenvalue weighted by atomic mass is 9.96. The average Bonchev–Trinajstić information content (AvgIpc) is 2.39. The highest BCUT2D eigenvalue weighted by Crippen LogP contribution is 2.33. The Kier molecular flexibility index (Phi) is 6.10. The standard InChI is InChI=1S/C13H18BrN3O4/c1-13(16,12(15)18)7-2-3-8-21-10-6-4-5-9(11(10)14)17(19)20/h4-6H,2-3,7-8,16H2,1H3,(H2,15,18). The molecule has 21 heavy (non-hydrogen) atoms. The molecule has 0 aliphatic heterocycles. The van der Waals surface area contributed by atoms with Gasteiger partial charge in [-0.1, -0.05) is 6.07 Å². The van der Waals surface area contributed by atoms with Gasteiger partial charge in [-0.2, -0.15) is 0 Å². The number of hydrogen-bond donors (Lipinski definition) is 2. The molecule has 1 aromatic carbocycles. The molecule has 4 N–H and O–H groups in total. The van der Waals surface area contributed by atoms with E-state index in [-0.39, 0.29) is 5.69 Å². The van der Waals surface area contributed by atoms with Crippen LogP contribution in [0.3, 0.4) is 0 Å². The summed E-state index contributed by atoms with van der Waals surface area (Å²) in [5, 5.41) is 10.8. The normalized spacial score (nSPS) is 13.5. The second-order valence-corrected chi connectivity index (χ2v) is 5.73. The van der Waals surface area contributed by atoms with Crippen molar-refractivity contribution >= 4 is 27.5 Å². The summed E-state index contributed by atoms with van der Waals surface area (Å²) in [5.74, 6) is -0.126. The van der Waals surface area contributed by atoms with Crippen molar-refractivity contribution < 1.29 is 14.5 Å². The second-order valence-electron chi connectivity index (χ2n) is 4.93. The third kappa shape index (κ3) is 4.98. The van der Waals surface area contributed by atoms with Gasteiger partial charge in [0.2, 0.25) is 5.91 Å². The summed E-state index contributed by atoms with van der Waals surface area (Å²) in [5.41, 5.74) is 9.84. The van der Waals surface area contributed by atoms with Gasteiger partial charge >= 0.3 is 0 Å². The Morgan fingerprint density at radius 3 is 2.71 bits per heavy atom. The van der Waals surface area contributed by atoms with Gasteiger partial charge in [-0.15, -0.1) is 0 Å². The van der Waals surface area contributed by atoms with Gasteiger partial charge in [-0.25, -0.2) is 0 Å². The van der Waals surface area contributed by atoms with Crippen LogP contribution in [0.1, 0.15) is 26.2 Å². The minimum atomic E-state index is -1.02. The van der Waals surface area contributed by atoms with Crippen LogP contribution < -0.4 is 16.2 Å². The van der Waals surface area contributed by atoms with E-state index in [1.165, 1.54) is 6.07 Å². The van der Waals surface area contributed by atoms with Crippen LogP contribution in [0.4, 0.5) is 5.69 Å². The minimum absolute atomic E-state index is 0.0456. The molecule has 116 valence electrons. The molecule has 0 heterocycles. The first kappa shape index (κ1) is 17.4. The first-order chi connectivity index (χ1) is 9.75. The lowest BCUT2D eigenvalue weighted by Crippen LogP contribution is -2.49. The van der Waals surface area contributed by atoms with Crippen LogP contribution >= 0.6 is 15.9 Å². The molecule has 0 spiro atoms. The zero-order chi connectivity index (χ0) is 16.0. The smallest absolute Gasteiger partial charge is 0.287 e. The van der Waals surface area contributed by atoms with Gasteiger partial charge in [0.1, 0.15) is 10.2 Å². The van der Waals surface area contributed by atoms with Gasteiger partial charge in [0, 0.05) is 6.07 Å². The van der Waals surface area contributed by atoms with Crippen molar-refractivity contribution in [1.29, 1.82) is 0 Å². The summed E-state index contributed by atoms with van der Waals surface area (Å²) in [4.78, 5) is 21.4. The number of nitrogens with two attached hydrogens (primary N) is 2. The zero-order valence-electron chi connectivity index (χ0n) is 11.7. The average molecular weight is 360 g/mol. The van der Waals surface area contributed by atoms with E-state index in [4.69, 9.17) is 16.2 Å². The molecule has 0 saturated heterocycles.